The third-order valence-corrected chi connectivity index (χ3v) is 5.69. The molecule has 9 heteroatoms. The minimum atomic E-state index is -2.39. The van der Waals surface area contributed by atoms with Gasteiger partial charge in [0.1, 0.15) is 11.9 Å². The number of aliphatic hydroxyl groups excluding tert-OH is 1. The second-order valence-corrected chi connectivity index (χ2v) is 8.82. The Labute approximate surface area is 191 Å². The first-order valence-corrected chi connectivity index (χ1v) is 11.6. The van der Waals surface area contributed by atoms with Crippen LogP contribution >= 0.6 is 8.03 Å². The van der Waals surface area contributed by atoms with Crippen molar-refractivity contribution in [3.05, 3.63) is 71.7 Å². The van der Waals surface area contributed by atoms with Crippen LogP contribution in [-0.4, -0.2) is 38.2 Å². The Morgan fingerprint density at radius 2 is 1.85 bits per heavy atom. The average molecular weight is 469 g/mol. The molecule has 3 rings (SSSR count). The predicted molar refractivity (Wildman–Crippen MR) is 122 cm³/mol. The number of aromatic nitrogens is 2. The van der Waals surface area contributed by atoms with Gasteiger partial charge in [-0.1, -0.05) is 32.0 Å². The van der Waals surface area contributed by atoms with Gasteiger partial charge in [-0.15, -0.1) is 0 Å². The summed E-state index contributed by atoms with van der Waals surface area (Å²) in [6.45, 7) is 3.92. The van der Waals surface area contributed by atoms with Crippen molar-refractivity contribution in [3.63, 3.8) is 0 Å². The summed E-state index contributed by atoms with van der Waals surface area (Å²) in [6.07, 6.45) is 0.246. The molecule has 1 heterocycles. The first-order chi connectivity index (χ1) is 15.8. The van der Waals surface area contributed by atoms with E-state index in [4.69, 9.17) is 14.7 Å². The number of nitrogens with zero attached hydrogens (tertiary/aromatic N) is 2. The van der Waals surface area contributed by atoms with Crippen LogP contribution in [0.25, 0.3) is 16.9 Å². The number of benzene rings is 2. The summed E-state index contributed by atoms with van der Waals surface area (Å²) in [5.74, 6) is 1.30. The van der Waals surface area contributed by atoms with Gasteiger partial charge in [-0.2, -0.15) is 9.62 Å². The lowest BCUT2D eigenvalue weighted by Crippen LogP contribution is -2.15. The molecule has 0 aliphatic rings. The van der Waals surface area contributed by atoms with Gasteiger partial charge in [0.2, 0.25) is 6.16 Å². The number of carboxylic acids is 1. The third kappa shape index (κ3) is 6.26. The van der Waals surface area contributed by atoms with Crippen LogP contribution in [0.3, 0.4) is 0 Å². The number of aliphatic carboxylic acids is 1. The fraction of sp³-hybridized carbons (Fsp3) is 0.250. The van der Waals surface area contributed by atoms with Crippen molar-refractivity contribution < 1.29 is 28.5 Å². The summed E-state index contributed by atoms with van der Waals surface area (Å²) in [7, 11) is -2.39. The summed E-state index contributed by atoms with van der Waals surface area (Å²) in [5, 5.41) is 23.1. The highest BCUT2D eigenvalue weighted by Gasteiger charge is 2.26. The molecular weight excluding hydrogens is 446 g/mol. The van der Waals surface area contributed by atoms with Crippen LogP contribution in [0.4, 0.5) is 4.39 Å². The number of carboxylic acid groups (broad SMARTS) is 1. The molecule has 2 N–H and O–H groups in total. The number of hydrogen-bond acceptors (Lipinski definition) is 5. The zero-order valence-corrected chi connectivity index (χ0v) is 19.0. The van der Waals surface area contributed by atoms with E-state index in [1.807, 2.05) is 44.2 Å². The fourth-order valence-electron chi connectivity index (χ4n) is 3.19. The van der Waals surface area contributed by atoms with Crippen molar-refractivity contribution in [2.24, 2.45) is 0 Å². The quantitative estimate of drug-likeness (QED) is 0.366. The van der Waals surface area contributed by atoms with Crippen LogP contribution in [0.15, 0.2) is 54.6 Å². The molecule has 170 valence electrons. The topological polar surface area (TPSA) is 102 Å². The summed E-state index contributed by atoms with van der Waals surface area (Å²) in [6, 6.07) is 15.4. The van der Waals surface area contributed by atoms with Crippen LogP contribution in [0.5, 0.6) is 0 Å². The maximum absolute atomic E-state index is 13.6. The van der Waals surface area contributed by atoms with Crippen molar-refractivity contribution in [2.45, 2.75) is 32.3 Å². The van der Waals surface area contributed by atoms with Gasteiger partial charge in [0.25, 0.3) is 0 Å². The van der Waals surface area contributed by atoms with Crippen LogP contribution < -0.4 is 0 Å². The van der Waals surface area contributed by atoms with E-state index in [0.717, 1.165) is 5.69 Å². The Hall–Kier alpha value is -3.53. The van der Waals surface area contributed by atoms with Crippen molar-refractivity contribution in [1.29, 1.82) is 0 Å². The number of carbonyl (C=O) groups is 1. The van der Waals surface area contributed by atoms with E-state index in [1.165, 1.54) is 12.1 Å². The zero-order chi connectivity index (χ0) is 24.0. The van der Waals surface area contributed by atoms with Gasteiger partial charge in [-0.3, -0.25) is 4.79 Å². The lowest BCUT2D eigenvalue weighted by atomic mass is 10.0. The third-order valence-electron chi connectivity index (χ3n) is 4.67. The summed E-state index contributed by atoms with van der Waals surface area (Å²) in [5.41, 5.74) is 3.31. The van der Waals surface area contributed by atoms with Crippen LogP contribution in [0, 0.1) is 17.8 Å². The molecule has 0 bridgehead atoms. The second kappa shape index (κ2) is 10.9. The number of para-hydroxylation sites is 1. The molecule has 0 aliphatic carbocycles. The summed E-state index contributed by atoms with van der Waals surface area (Å²) in [4.78, 5) is 10.6. The molecule has 0 saturated heterocycles. The molecule has 2 atom stereocenters. The Bertz CT molecular complexity index is 1200. The Kier molecular flexibility index (Phi) is 7.94. The van der Waals surface area contributed by atoms with Crippen molar-refractivity contribution in [2.75, 3.05) is 6.16 Å². The predicted octanol–water partition coefficient (Wildman–Crippen LogP) is 4.71. The lowest BCUT2D eigenvalue weighted by Gasteiger charge is -2.08. The minimum absolute atomic E-state index is 0.00962. The van der Waals surface area contributed by atoms with Crippen LogP contribution in [0.2, 0.25) is 0 Å². The molecule has 1 aromatic heterocycles. The largest absolute Gasteiger partial charge is 0.567 e. The molecule has 1 unspecified atom stereocenters. The summed E-state index contributed by atoms with van der Waals surface area (Å²) >= 11 is 0. The number of aliphatic hydroxyl groups is 1. The van der Waals surface area contributed by atoms with Crippen LogP contribution in [-0.2, 0) is 13.9 Å². The van der Waals surface area contributed by atoms with E-state index in [0.29, 0.717) is 22.5 Å². The van der Waals surface area contributed by atoms with Gasteiger partial charge < -0.3 is 10.2 Å². The highest BCUT2D eigenvalue weighted by molar-refractivity contribution is 7.39. The minimum Gasteiger partial charge on any atom is -0.481 e. The first kappa shape index (κ1) is 24.1. The SMILES string of the molecule is CC(C)c1nn(-c2ccccc2)c(-c2ccc(F)cc2)c1C#CO[P+](=O)C[C@@H](O)CC(=O)O. The van der Waals surface area contributed by atoms with Gasteiger partial charge in [0, 0.05) is 5.56 Å². The molecule has 0 amide bonds. The molecule has 0 fully saturated rings. The van der Waals surface area contributed by atoms with Gasteiger partial charge in [-0.05, 0) is 52.8 Å². The Morgan fingerprint density at radius 1 is 1.18 bits per heavy atom. The van der Waals surface area contributed by atoms with Crippen molar-refractivity contribution >= 4 is 14.0 Å². The highest BCUT2D eigenvalue weighted by Crippen LogP contribution is 2.32. The number of rotatable bonds is 8. The average Bonchev–Trinajstić information content (AvgIpc) is 3.14. The van der Waals surface area contributed by atoms with E-state index < -0.39 is 26.5 Å². The highest BCUT2D eigenvalue weighted by atomic mass is 31.1. The molecule has 7 nitrogen and oxygen atoms in total. The normalized spacial score (nSPS) is 12.1. The second-order valence-electron chi connectivity index (χ2n) is 7.60. The Morgan fingerprint density at radius 3 is 2.45 bits per heavy atom. The first-order valence-electron chi connectivity index (χ1n) is 10.2. The van der Waals surface area contributed by atoms with E-state index >= 15 is 0 Å². The Balaban J connectivity index is 2.03. The molecule has 0 saturated carbocycles. The van der Waals surface area contributed by atoms with E-state index in [-0.39, 0.29) is 17.9 Å². The van der Waals surface area contributed by atoms with Crippen molar-refractivity contribution in [3.8, 4) is 29.0 Å². The number of halogens is 1. The van der Waals surface area contributed by atoms with Gasteiger partial charge in [-0.25, -0.2) is 9.07 Å². The zero-order valence-electron chi connectivity index (χ0n) is 18.1. The molecule has 33 heavy (non-hydrogen) atoms. The molecule has 0 radical (unpaired) electrons. The van der Waals surface area contributed by atoms with Crippen molar-refractivity contribution in [1.82, 2.24) is 9.78 Å². The molecular formula is C24H23FN2O5P+. The molecule has 3 aromatic rings. The standard InChI is InChI=1S/C24H22FN2O5P/c1-16(2)23-21(12-13-32-33(31)15-20(28)14-22(29)30)24(17-8-10-18(25)11-9-17)27(26-23)19-6-4-3-5-7-19/h3-11,16,20,28H,14-15H2,1-2H3/p+1/t20-/m0/s1. The van der Waals surface area contributed by atoms with E-state index in [9.17, 15) is 18.9 Å². The van der Waals surface area contributed by atoms with Crippen LogP contribution in [0.1, 0.15) is 37.4 Å². The van der Waals surface area contributed by atoms with E-state index in [2.05, 4.69) is 12.0 Å². The maximum atomic E-state index is 13.6. The maximum Gasteiger partial charge on any atom is 0.567 e. The van der Waals surface area contributed by atoms with E-state index in [1.54, 1.807) is 16.8 Å². The van der Waals surface area contributed by atoms with Gasteiger partial charge in [0.05, 0.1) is 29.1 Å². The molecule has 2 aromatic carbocycles. The lowest BCUT2D eigenvalue weighted by molar-refractivity contribution is -0.138. The smallest absolute Gasteiger partial charge is 0.481 e. The molecule has 0 spiro atoms. The summed E-state index contributed by atoms with van der Waals surface area (Å²) < 4.78 is 32.4. The fourth-order valence-corrected chi connectivity index (χ4v) is 3.89. The van der Waals surface area contributed by atoms with Gasteiger partial charge >= 0.3 is 14.0 Å². The van der Waals surface area contributed by atoms with Gasteiger partial charge in [0.15, 0.2) is 6.11 Å². The monoisotopic (exact) mass is 469 g/mol. The number of hydrogen-bond donors (Lipinski definition) is 2. The molecule has 0 aliphatic heterocycles.